The van der Waals surface area contributed by atoms with E-state index in [2.05, 4.69) is 11.6 Å². The normalized spacial score (nSPS) is 10.0. The first-order valence-electron chi connectivity index (χ1n) is 5.16. The van der Waals surface area contributed by atoms with E-state index in [1.54, 1.807) is 13.3 Å². The smallest absolute Gasteiger partial charge is 0.121 e. The highest BCUT2D eigenvalue weighted by atomic mass is 35.5. The predicted octanol–water partition coefficient (Wildman–Crippen LogP) is 4.02. The number of methoxy groups -OCH3 is 1. The number of rotatable bonds is 3. The molecule has 1 aromatic carbocycles. The highest BCUT2D eigenvalue weighted by Crippen LogP contribution is 2.28. The lowest BCUT2D eigenvalue weighted by Crippen LogP contribution is -1.93. The minimum atomic E-state index is 0.554. The van der Waals surface area contributed by atoms with Crippen LogP contribution in [0.15, 0.2) is 49.2 Å². The monoisotopic (exact) mass is 245 g/mol. The molecule has 2 aromatic rings. The predicted molar refractivity (Wildman–Crippen MR) is 70.7 cm³/mol. The van der Waals surface area contributed by atoms with Crippen molar-refractivity contribution in [1.82, 2.24) is 4.98 Å². The Morgan fingerprint density at radius 1 is 1.29 bits per heavy atom. The van der Waals surface area contributed by atoms with Crippen molar-refractivity contribution in [2.24, 2.45) is 0 Å². The maximum absolute atomic E-state index is 5.95. The molecule has 0 amide bonds. The molecular formula is C14H12ClNO. The second-order valence-electron chi connectivity index (χ2n) is 3.54. The summed E-state index contributed by atoms with van der Waals surface area (Å²) in [6.07, 6.45) is 1.62. The first-order valence-corrected chi connectivity index (χ1v) is 5.54. The Bertz CT molecular complexity index is 537. The molecule has 0 aliphatic carbocycles. The Labute approximate surface area is 106 Å². The summed E-state index contributed by atoms with van der Waals surface area (Å²) in [5, 5.41) is 0.567. The van der Waals surface area contributed by atoms with Crippen LogP contribution in [0, 0.1) is 0 Å². The van der Waals surface area contributed by atoms with Crippen molar-refractivity contribution in [3.8, 4) is 11.3 Å². The van der Waals surface area contributed by atoms with E-state index in [0.29, 0.717) is 10.8 Å². The summed E-state index contributed by atoms with van der Waals surface area (Å²) in [4.78, 5) is 4.34. The second kappa shape index (κ2) is 5.02. The summed E-state index contributed by atoms with van der Waals surface area (Å²) >= 11 is 5.95. The van der Waals surface area contributed by atoms with E-state index >= 15 is 0 Å². The van der Waals surface area contributed by atoms with Gasteiger partial charge in [0.1, 0.15) is 5.76 Å². The minimum absolute atomic E-state index is 0.554. The number of ether oxygens (including phenoxy) is 1. The summed E-state index contributed by atoms with van der Waals surface area (Å²) in [7, 11) is 1.58. The van der Waals surface area contributed by atoms with Crippen molar-refractivity contribution >= 4 is 17.4 Å². The van der Waals surface area contributed by atoms with Gasteiger partial charge in [0.2, 0.25) is 0 Å². The van der Waals surface area contributed by atoms with Crippen LogP contribution in [0.25, 0.3) is 17.0 Å². The Kier molecular flexibility index (Phi) is 3.45. The maximum atomic E-state index is 5.95. The maximum Gasteiger partial charge on any atom is 0.121 e. The van der Waals surface area contributed by atoms with E-state index in [-0.39, 0.29) is 0 Å². The summed E-state index contributed by atoms with van der Waals surface area (Å²) in [5.41, 5.74) is 2.64. The van der Waals surface area contributed by atoms with Crippen LogP contribution in [-0.4, -0.2) is 12.1 Å². The van der Waals surface area contributed by atoms with Gasteiger partial charge in [0.05, 0.1) is 17.8 Å². The number of benzene rings is 1. The van der Waals surface area contributed by atoms with Gasteiger partial charge in [0.25, 0.3) is 0 Å². The number of hydrogen-bond acceptors (Lipinski definition) is 2. The number of hydrogen-bond donors (Lipinski definition) is 0. The van der Waals surface area contributed by atoms with E-state index in [1.807, 2.05) is 36.4 Å². The summed E-state index contributed by atoms with van der Waals surface area (Å²) in [5.74, 6) is 0.554. The lowest BCUT2D eigenvalue weighted by Gasteiger charge is -2.10. The SMILES string of the molecule is C=C(OC)c1cc(Cl)cnc1-c1ccccc1. The van der Waals surface area contributed by atoms with Crippen molar-refractivity contribution in [3.63, 3.8) is 0 Å². The first kappa shape index (κ1) is 11.7. The topological polar surface area (TPSA) is 22.1 Å². The quantitative estimate of drug-likeness (QED) is 0.762. The van der Waals surface area contributed by atoms with E-state index in [9.17, 15) is 0 Å². The molecule has 0 saturated carbocycles. The van der Waals surface area contributed by atoms with E-state index in [4.69, 9.17) is 16.3 Å². The van der Waals surface area contributed by atoms with Crippen molar-refractivity contribution in [2.45, 2.75) is 0 Å². The minimum Gasteiger partial charge on any atom is -0.497 e. The molecule has 0 atom stereocenters. The third kappa shape index (κ3) is 2.48. The average molecular weight is 246 g/mol. The van der Waals surface area contributed by atoms with Crippen LogP contribution in [-0.2, 0) is 4.74 Å². The Hall–Kier alpha value is -1.80. The van der Waals surface area contributed by atoms with Gasteiger partial charge in [-0.15, -0.1) is 0 Å². The molecule has 0 N–H and O–H groups in total. The Morgan fingerprint density at radius 2 is 2.00 bits per heavy atom. The number of nitrogens with zero attached hydrogens (tertiary/aromatic N) is 1. The van der Waals surface area contributed by atoms with Crippen molar-refractivity contribution in [3.05, 3.63) is 59.8 Å². The third-order valence-corrected chi connectivity index (χ3v) is 2.66. The zero-order valence-corrected chi connectivity index (χ0v) is 10.2. The van der Waals surface area contributed by atoms with Crippen LogP contribution in [0.3, 0.4) is 0 Å². The highest BCUT2D eigenvalue weighted by Gasteiger charge is 2.10. The molecule has 0 fully saturated rings. The molecule has 1 heterocycles. The van der Waals surface area contributed by atoms with Gasteiger partial charge in [-0.2, -0.15) is 0 Å². The van der Waals surface area contributed by atoms with E-state index in [1.165, 1.54) is 0 Å². The molecule has 1 aromatic heterocycles. The number of halogens is 1. The lowest BCUT2D eigenvalue weighted by atomic mass is 10.1. The molecule has 86 valence electrons. The number of pyridine rings is 1. The zero-order valence-electron chi connectivity index (χ0n) is 9.48. The molecule has 17 heavy (non-hydrogen) atoms. The summed E-state index contributed by atoms with van der Waals surface area (Å²) < 4.78 is 5.16. The standard InChI is InChI=1S/C14H12ClNO/c1-10(17-2)13-8-12(15)9-16-14(13)11-6-4-3-5-7-11/h3-9H,1H2,2H3. The fourth-order valence-corrected chi connectivity index (χ4v) is 1.75. The van der Waals surface area contributed by atoms with Crippen LogP contribution in [0.5, 0.6) is 0 Å². The average Bonchev–Trinajstić information content (AvgIpc) is 2.38. The van der Waals surface area contributed by atoms with Crippen LogP contribution in [0.2, 0.25) is 5.02 Å². The van der Waals surface area contributed by atoms with Crippen molar-refractivity contribution in [1.29, 1.82) is 0 Å². The molecule has 0 saturated heterocycles. The Morgan fingerprint density at radius 3 is 2.65 bits per heavy atom. The Balaban J connectivity index is 2.58. The second-order valence-corrected chi connectivity index (χ2v) is 3.98. The van der Waals surface area contributed by atoms with Gasteiger partial charge in [-0.3, -0.25) is 4.98 Å². The molecule has 0 unspecified atom stereocenters. The molecular weight excluding hydrogens is 234 g/mol. The van der Waals surface area contributed by atoms with Gasteiger partial charge in [0.15, 0.2) is 0 Å². The molecule has 0 spiro atoms. The molecule has 0 aliphatic heterocycles. The largest absolute Gasteiger partial charge is 0.497 e. The van der Waals surface area contributed by atoms with Gasteiger partial charge < -0.3 is 4.74 Å². The van der Waals surface area contributed by atoms with Gasteiger partial charge in [-0.1, -0.05) is 48.5 Å². The van der Waals surface area contributed by atoms with Crippen LogP contribution >= 0.6 is 11.6 Å². The lowest BCUT2D eigenvalue weighted by molar-refractivity contribution is 0.371. The first-order chi connectivity index (χ1) is 8.22. The van der Waals surface area contributed by atoms with Gasteiger partial charge in [-0.05, 0) is 6.07 Å². The van der Waals surface area contributed by atoms with Crippen LogP contribution in [0.4, 0.5) is 0 Å². The van der Waals surface area contributed by atoms with Gasteiger partial charge >= 0.3 is 0 Å². The van der Waals surface area contributed by atoms with Gasteiger partial charge in [0, 0.05) is 17.3 Å². The van der Waals surface area contributed by atoms with E-state index in [0.717, 1.165) is 16.8 Å². The highest BCUT2D eigenvalue weighted by molar-refractivity contribution is 6.30. The zero-order chi connectivity index (χ0) is 12.3. The molecule has 2 nitrogen and oxygen atoms in total. The molecule has 2 rings (SSSR count). The fourth-order valence-electron chi connectivity index (χ4n) is 1.59. The number of aromatic nitrogens is 1. The molecule has 3 heteroatoms. The fraction of sp³-hybridized carbons (Fsp3) is 0.0714. The third-order valence-electron chi connectivity index (χ3n) is 2.45. The van der Waals surface area contributed by atoms with Crippen molar-refractivity contribution in [2.75, 3.05) is 7.11 Å². The molecule has 0 aliphatic rings. The summed E-state index contributed by atoms with van der Waals surface area (Å²) in [6.45, 7) is 3.85. The molecule has 0 radical (unpaired) electrons. The van der Waals surface area contributed by atoms with Crippen molar-refractivity contribution < 1.29 is 4.74 Å². The summed E-state index contributed by atoms with van der Waals surface area (Å²) in [6, 6.07) is 11.7. The van der Waals surface area contributed by atoms with Crippen LogP contribution < -0.4 is 0 Å². The van der Waals surface area contributed by atoms with E-state index < -0.39 is 0 Å². The van der Waals surface area contributed by atoms with Gasteiger partial charge in [-0.25, -0.2) is 0 Å². The van der Waals surface area contributed by atoms with Crippen LogP contribution in [0.1, 0.15) is 5.56 Å². The molecule has 0 bridgehead atoms.